The molecule has 1 amide bonds. The number of thioether (sulfide) groups is 1. The molecule has 1 N–H and O–H groups in total. The van der Waals surface area contributed by atoms with Crippen LogP contribution in [0.3, 0.4) is 0 Å². The fraction of sp³-hybridized carbons (Fsp3) is 0.185. The smallest absolute Gasteiger partial charge is 0.234 e. The maximum atomic E-state index is 12.8. The van der Waals surface area contributed by atoms with Gasteiger partial charge in [-0.05, 0) is 60.4 Å². The average Bonchev–Trinajstić information content (AvgIpc) is 3.30. The van der Waals surface area contributed by atoms with E-state index in [9.17, 15) is 10.1 Å². The lowest BCUT2D eigenvalue weighted by atomic mass is 10.0. The number of aromatic nitrogens is 3. The normalized spacial score (nSPS) is 10.8. The molecule has 4 aromatic rings. The standard InChI is InChI=1S/C27H22Cl3N5OS/c1-3-16-6-5-7-17(4-2)25(16)35-26(21-11-10-19(28)12-22(21)30)33-34-27(35)37-15-24(36)32-23-13-20(29)9-8-18(23)14-31/h5-13H,3-4,15H2,1-2H3,(H,32,36). The van der Waals surface area contributed by atoms with Gasteiger partial charge in [-0.15, -0.1) is 10.2 Å². The van der Waals surface area contributed by atoms with Gasteiger partial charge in [-0.25, -0.2) is 0 Å². The number of anilines is 1. The number of carbonyl (C=O) groups is 1. The van der Waals surface area contributed by atoms with Crippen molar-refractivity contribution in [3.8, 4) is 23.1 Å². The summed E-state index contributed by atoms with van der Waals surface area (Å²) in [6.45, 7) is 4.19. The molecule has 3 aromatic carbocycles. The molecule has 0 radical (unpaired) electrons. The number of nitrogens with one attached hydrogen (secondary N) is 1. The Labute approximate surface area is 234 Å². The fourth-order valence-corrected chi connectivity index (χ4v) is 5.35. The van der Waals surface area contributed by atoms with Gasteiger partial charge >= 0.3 is 0 Å². The Kier molecular flexibility index (Phi) is 8.78. The molecule has 0 aliphatic rings. The Morgan fingerprint density at radius 1 is 1.00 bits per heavy atom. The van der Waals surface area contributed by atoms with Crippen LogP contribution in [0.25, 0.3) is 17.1 Å². The number of para-hydroxylation sites is 1. The van der Waals surface area contributed by atoms with Crippen LogP contribution in [0.15, 0.2) is 59.8 Å². The molecular formula is C27H22Cl3N5OS. The second kappa shape index (κ2) is 12.0. The van der Waals surface area contributed by atoms with Crippen LogP contribution in [0.1, 0.15) is 30.5 Å². The summed E-state index contributed by atoms with van der Waals surface area (Å²) in [6.07, 6.45) is 1.59. The average molecular weight is 571 g/mol. The third kappa shape index (κ3) is 5.94. The number of hydrogen-bond acceptors (Lipinski definition) is 5. The molecule has 1 aromatic heterocycles. The lowest BCUT2D eigenvalue weighted by Crippen LogP contribution is -2.16. The zero-order valence-electron chi connectivity index (χ0n) is 20.1. The van der Waals surface area contributed by atoms with E-state index in [-0.39, 0.29) is 11.7 Å². The molecule has 1 heterocycles. The number of hydrogen-bond donors (Lipinski definition) is 1. The number of nitrogens with zero attached hydrogens (tertiary/aromatic N) is 4. The molecule has 0 saturated carbocycles. The van der Waals surface area contributed by atoms with Gasteiger partial charge in [0.2, 0.25) is 5.91 Å². The predicted octanol–water partition coefficient (Wildman–Crippen LogP) is 7.62. The van der Waals surface area contributed by atoms with Crippen LogP contribution in [0, 0.1) is 11.3 Å². The highest BCUT2D eigenvalue weighted by molar-refractivity contribution is 7.99. The Morgan fingerprint density at radius 2 is 1.68 bits per heavy atom. The summed E-state index contributed by atoms with van der Waals surface area (Å²) in [5.41, 5.74) is 4.59. The Hall–Kier alpha value is -3.02. The highest BCUT2D eigenvalue weighted by Gasteiger charge is 2.23. The number of halogens is 3. The maximum absolute atomic E-state index is 12.8. The van der Waals surface area contributed by atoms with Gasteiger partial charge in [0.1, 0.15) is 6.07 Å². The summed E-state index contributed by atoms with van der Waals surface area (Å²) in [7, 11) is 0. The Morgan fingerprint density at radius 3 is 2.32 bits per heavy atom. The number of rotatable bonds is 8. The van der Waals surface area contributed by atoms with Gasteiger partial charge in [-0.3, -0.25) is 9.36 Å². The van der Waals surface area contributed by atoms with E-state index >= 15 is 0 Å². The van der Waals surface area contributed by atoms with Crippen LogP contribution >= 0.6 is 46.6 Å². The molecule has 0 spiro atoms. The van der Waals surface area contributed by atoms with Gasteiger partial charge in [0.15, 0.2) is 11.0 Å². The number of benzene rings is 3. The van der Waals surface area contributed by atoms with Crippen molar-refractivity contribution >= 4 is 58.2 Å². The highest BCUT2D eigenvalue weighted by atomic mass is 35.5. The third-order valence-corrected chi connectivity index (χ3v) is 7.41. The fourth-order valence-electron chi connectivity index (χ4n) is 3.95. The second-order valence-electron chi connectivity index (χ2n) is 8.04. The molecular weight excluding hydrogens is 549 g/mol. The van der Waals surface area contributed by atoms with Crippen LogP contribution in [0.5, 0.6) is 0 Å². The van der Waals surface area contributed by atoms with Crippen molar-refractivity contribution in [1.82, 2.24) is 14.8 Å². The van der Waals surface area contributed by atoms with Gasteiger partial charge in [-0.1, -0.05) is 78.6 Å². The lowest BCUT2D eigenvalue weighted by Gasteiger charge is -2.18. The van der Waals surface area contributed by atoms with Crippen LogP contribution in [0.2, 0.25) is 15.1 Å². The van der Waals surface area contributed by atoms with Gasteiger partial charge < -0.3 is 5.32 Å². The molecule has 10 heteroatoms. The van der Waals surface area contributed by atoms with E-state index in [1.165, 1.54) is 11.8 Å². The second-order valence-corrected chi connectivity index (χ2v) is 10.3. The lowest BCUT2D eigenvalue weighted by molar-refractivity contribution is -0.113. The first kappa shape index (κ1) is 27.0. The van der Waals surface area contributed by atoms with Crippen molar-refractivity contribution < 1.29 is 4.79 Å². The van der Waals surface area contributed by atoms with Gasteiger partial charge in [0, 0.05) is 15.6 Å². The molecule has 37 heavy (non-hydrogen) atoms. The van der Waals surface area contributed by atoms with Gasteiger partial charge in [-0.2, -0.15) is 5.26 Å². The molecule has 6 nitrogen and oxygen atoms in total. The Balaban J connectivity index is 1.74. The van der Waals surface area contributed by atoms with Crippen molar-refractivity contribution in [2.24, 2.45) is 0 Å². The number of amides is 1. The van der Waals surface area contributed by atoms with Crippen LogP contribution in [0.4, 0.5) is 5.69 Å². The summed E-state index contributed by atoms with van der Waals surface area (Å²) in [5.74, 6) is 0.297. The minimum atomic E-state index is -0.302. The quantitative estimate of drug-likeness (QED) is 0.220. The molecule has 0 unspecified atom stereocenters. The maximum Gasteiger partial charge on any atom is 0.234 e. The zero-order chi connectivity index (χ0) is 26.5. The molecule has 0 bridgehead atoms. The van der Waals surface area contributed by atoms with E-state index in [1.54, 1.807) is 30.3 Å². The highest BCUT2D eigenvalue weighted by Crippen LogP contribution is 2.36. The molecule has 4 rings (SSSR count). The van der Waals surface area contributed by atoms with Crippen molar-refractivity contribution in [2.45, 2.75) is 31.8 Å². The molecule has 0 aliphatic carbocycles. The molecule has 188 valence electrons. The minimum absolute atomic E-state index is 0.0413. The summed E-state index contributed by atoms with van der Waals surface area (Å²) < 4.78 is 1.96. The van der Waals surface area contributed by atoms with Crippen molar-refractivity contribution in [2.75, 3.05) is 11.1 Å². The monoisotopic (exact) mass is 569 g/mol. The first-order chi connectivity index (χ1) is 17.9. The summed E-state index contributed by atoms with van der Waals surface area (Å²) in [4.78, 5) is 12.8. The summed E-state index contributed by atoms with van der Waals surface area (Å²) in [5, 5.41) is 23.0. The van der Waals surface area contributed by atoms with E-state index in [0.717, 1.165) is 29.7 Å². The van der Waals surface area contributed by atoms with E-state index in [1.807, 2.05) is 16.7 Å². The number of aryl methyl sites for hydroxylation is 2. The third-order valence-electron chi connectivity index (χ3n) is 5.70. The van der Waals surface area contributed by atoms with Gasteiger partial charge in [0.05, 0.1) is 27.7 Å². The predicted molar refractivity (Wildman–Crippen MR) is 151 cm³/mol. The van der Waals surface area contributed by atoms with Crippen LogP contribution < -0.4 is 5.32 Å². The van der Waals surface area contributed by atoms with Crippen molar-refractivity contribution in [1.29, 1.82) is 5.26 Å². The van der Waals surface area contributed by atoms with E-state index in [0.29, 0.717) is 42.9 Å². The first-order valence-electron chi connectivity index (χ1n) is 11.5. The largest absolute Gasteiger partial charge is 0.324 e. The minimum Gasteiger partial charge on any atom is -0.324 e. The van der Waals surface area contributed by atoms with E-state index in [4.69, 9.17) is 34.8 Å². The van der Waals surface area contributed by atoms with Crippen LogP contribution in [-0.2, 0) is 17.6 Å². The molecule has 0 fully saturated rings. The molecule has 0 aliphatic heterocycles. The van der Waals surface area contributed by atoms with Crippen LogP contribution in [-0.4, -0.2) is 26.4 Å². The number of nitriles is 1. The summed E-state index contributed by atoms with van der Waals surface area (Å²) >= 11 is 20.0. The zero-order valence-corrected chi connectivity index (χ0v) is 23.1. The molecule has 0 saturated heterocycles. The number of carbonyl (C=O) groups excluding carboxylic acids is 1. The Bertz CT molecular complexity index is 1490. The topological polar surface area (TPSA) is 83.6 Å². The SMILES string of the molecule is CCc1cccc(CC)c1-n1c(SCC(=O)Nc2cc(Cl)ccc2C#N)nnc1-c1ccc(Cl)cc1Cl. The molecule has 0 atom stereocenters. The van der Waals surface area contributed by atoms with Crippen molar-refractivity contribution in [3.63, 3.8) is 0 Å². The first-order valence-corrected chi connectivity index (χ1v) is 13.6. The summed E-state index contributed by atoms with van der Waals surface area (Å²) in [6, 6.07) is 18.2. The van der Waals surface area contributed by atoms with E-state index in [2.05, 4.69) is 47.6 Å². The van der Waals surface area contributed by atoms with E-state index < -0.39 is 0 Å². The van der Waals surface area contributed by atoms with Gasteiger partial charge in [0.25, 0.3) is 0 Å². The van der Waals surface area contributed by atoms with Crippen molar-refractivity contribution in [3.05, 3.63) is 86.4 Å².